The molecule has 27 heavy (non-hydrogen) atoms. The highest BCUT2D eigenvalue weighted by Gasteiger charge is 2.19. The van der Waals surface area contributed by atoms with Crippen LogP contribution in [0.25, 0.3) is 21.9 Å². The first-order valence-corrected chi connectivity index (χ1v) is 9.54. The normalized spacial score (nSPS) is 11.1. The topological polar surface area (TPSA) is 73.9 Å². The van der Waals surface area contributed by atoms with E-state index in [1.165, 1.54) is 11.3 Å². The number of aromatic nitrogens is 3. The zero-order valence-electron chi connectivity index (χ0n) is 15.0. The molecule has 0 radical (unpaired) electrons. The van der Waals surface area contributed by atoms with E-state index in [9.17, 15) is 4.79 Å². The number of benzene rings is 2. The Labute approximate surface area is 160 Å². The minimum atomic E-state index is -0.171. The van der Waals surface area contributed by atoms with Gasteiger partial charge in [0.25, 0.3) is 0 Å². The molecule has 2 aromatic carbocycles. The Kier molecular flexibility index (Phi) is 4.60. The van der Waals surface area contributed by atoms with Gasteiger partial charge in [-0.1, -0.05) is 18.2 Å². The summed E-state index contributed by atoms with van der Waals surface area (Å²) in [5.41, 5.74) is 3.26. The molecular weight excluding hydrogens is 358 g/mol. The van der Waals surface area contributed by atoms with E-state index in [4.69, 9.17) is 0 Å². The van der Waals surface area contributed by atoms with Crippen molar-refractivity contribution in [3.63, 3.8) is 0 Å². The predicted octanol–water partition coefficient (Wildman–Crippen LogP) is 5.13. The van der Waals surface area contributed by atoms with Crippen molar-refractivity contribution in [1.82, 2.24) is 15.0 Å². The lowest BCUT2D eigenvalue weighted by Gasteiger charge is -2.27. The number of nitrogens with zero attached hydrogens (tertiary/aromatic N) is 3. The number of thiazole rings is 1. The van der Waals surface area contributed by atoms with Gasteiger partial charge in [-0.3, -0.25) is 4.90 Å². The number of anilines is 2. The molecule has 4 rings (SSSR count). The van der Waals surface area contributed by atoms with Crippen LogP contribution in [0.15, 0.2) is 60.1 Å². The molecule has 2 heterocycles. The summed E-state index contributed by atoms with van der Waals surface area (Å²) in [6.07, 6.45) is 1.75. The Bertz CT molecular complexity index is 1060. The van der Waals surface area contributed by atoms with Crippen molar-refractivity contribution in [2.24, 2.45) is 0 Å². The first-order valence-electron chi connectivity index (χ1n) is 8.67. The van der Waals surface area contributed by atoms with Gasteiger partial charge in [0, 0.05) is 29.0 Å². The smallest absolute Gasteiger partial charge is 0.326 e. The molecule has 2 amide bonds. The minimum Gasteiger partial charge on any atom is -0.336 e. The van der Waals surface area contributed by atoms with Gasteiger partial charge in [0.1, 0.15) is 0 Å². The first-order chi connectivity index (χ1) is 13.1. The maximum absolute atomic E-state index is 12.9. The third-order valence-electron chi connectivity index (χ3n) is 4.14. The lowest BCUT2D eigenvalue weighted by atomic mass is 10.2. The fourth-order valence-electron chi connectivity index (χ4n) is 2.95. The van der Waals surface area contributed by atoms with Crippen molar-refractivity contribution < 1.29 is 4.79 Å². The van der Waals surface area contributed by atoms with Crippen molar-refractivity contribution in [2.45, 2.75) is 19.9 Å². The first kappa shape index (κ1) is 17.2. The third-order valence-corrected chi connectivity index (χ3v) is 4.92. The molecule has 0 fully saturated rings. The van der Waals surface area contributed by atoms with Crippen molar-refractivity contribution in [1.29, 1.82) is 0 Å². The number of hydrogen-bond acceptors (Lipinski definition) is 4. The molecule has 0 atom stereocenters. The number of hydrogen-bond donors (Lipinski definition) is 2. The molecule has 0 bridgehead atoms. The summed E-state index contributed by atoms with van der Waals surface area (Å²) in [5.74, 6) is 0.733. The van der Waals surface area contributed by atoms with Gasteiger partial charge in [-0.15, -0.1) is 11.3 Å². The van der Waals surface area contributed by atoms with E-state index < -0.39 is 0 Å². The number of fused-ring (bicyclic) bond motifs is 1. The van der Waals surface area contributed by atoms with Crippen molar-refractivity contribution in [3.05, 3.63) is 60.1 Å². The van der Waals surface area contributed by atoms with Gasteiger partial charge in [-0.25, -0.2) is 14.8 Å². The fraction of sp³-hybridized carbons (Fsp3) is 0.150. The van der Waals surface area contributed by atoms with E-state index in [-0.39, 0.29) is 12.1 Å². The average Bonchev–Trinajstić information content (AvgIpc) is 3.31. The number of carbonyl (C=O) groups excluding carboxylic acids is 1. The second-order valence-electron chi connectivity index (χ2n) is 6.38. The lowest BCUT2D eigenvalue weighted by molar-refractivity contribution is 0.255. The van der Waals surface area contributed by atoms with Crippen LogP contribution in [0.3, 0.4) is 0 Å². The van der Waals surface area contributed by atoms with Gasteiger partial charge in [0.2, 0.25) is 0 Å². The van der Waals surface area contributed by atoms with E-state index >= 15 is 0 Å². The van der Waals surface area contributed by atoms with Crippen LogP contribution in [0.1, 0.15) is 13.8 Å². The van der Waals surface area contributed by atoms with Gasteiger partial charge in [0.15, 0.2) is 10.8 Å². The van der Waals surface area contributed by atoms with E-state index in [0.717, 1.165) is 27.6 Å². The van der Waals surface area contributed by atoms with E-state index in [0.29, 0.717) is 5.69 Å². The number of aromatic amines is 1. The Morgan fingerprint density at radius 1 is 1.19 bits per heavy atom. The van der Waals surface area contributed by atoms with E-state index in [1.54, 1.807) is 11.1 Å². The number of nitrogens with one attached hydrogen (secondary N) is 2. The number of imidazole rings is 1. The Balaban J connectivity index is 1.59. The van der Waals surface area contributed by atoms with Crippen LogP contribution >= 0.6 is 11.3 Å². The molecule has 0 spiro atoms. The summed E-state index contributed by atoms with van der Waals surface area (Å²) in [4.78, 5) is 26.7. The largest absolute Gasteiger partial charge is 0.336 e. The maximum atomic E-state index is 12.9. The monoisotopic (exact) mass is 377 g/mol. The highest BCUT2D eigenvalue weighted by atomic mass is 32.1. The second-order valence-corrected chi connectivity index (χ2v) is 7.28. The summed E-state index contributed by atoms with van der Waals surface area (Å²) in [7, 11) is 0. The summed E-state index contributed by atoms with van der Waals surface area (Å²) >= 11 is 1.53. The number of rotatable bonds is 4. The summed E-state index contributed by atoms with van der Waals surface area (Å²) in [6.45, 7) is 3.98. The molecule has 0 saturated carbocycles. The van der Waals surface area contributed by atoms with Crippen molar-refractivity contribution in [3.8, 4) is 10.8 Å². The zero-order chi connectivity index (χ0) is 18.8. The van der Waals surface area contributed by atoms with Gasteiger partial charge >= 0.3 is 6.03 Å². The second kappa shape index (κ2) is 7.20. The van der Waals surface area contributed by atoms with Crippen molar-refractivity contribution in [2.75, 3.05) is 10.2 Å². The number of carbonyl (C=O) groups is 1. The molecule has 0 unspecified atom stereocenters. The molecule has 0 aliphatic heterocycles. The number of urea groups is 1. The van der Waals surface area contributed by atoms with Crippen LogP contribution in [0.4, 0.5) is 16.2 Å². The van der Waals surface area contributed by atoms with E-state index in [1.807, 2.05) is 67.8 Å². The highest BCUT2D eigenvalue weighted by Crippen LogP contribution is 2.25. The standard InChI is InChI=1S/C20H19N5OS/c1-13(2)25(15-6-4-3-5-7-15)20(26)22-14-8-9-16-17(12-14)24-18(23-16)19-21-10-11-27-19/h3-13H,1-2H3,(H,22,26)(H,23,24). The van der Waals surface area contributed by atoms with Gasteiger partial charge < -0.3 is 10.3 Å². The zero-order valence-corrected chi connectivity index (χ0v) is 15.8. The lowest BCUT2D eigenvalue weighted by Crippen LogP contribution is -2.40. The maximum Gasteiger partial charge on any atom is 0.326 e. The quantitative estimate of drug-likeness (QED) is 0.517. The minimum absolute atomic E-state index is 0.0276. The Morgan fingerprint density at radius 3 is 2.70 bits per heavy atom. The molecule has 2 aromatic heterocycles. The molecule has 0 aliphatic carbocycles. The van der Waals surface area contributed by atoms with Gasteiger partial charge in [0.05, 0.1) is 11.0 Å². The van der Waals surface area contributed by atoms with Gasteiger partial charge in [-0.2, -0.15) is 0 Å². The summed E-state index contributed by atoms with van der Waals surface area (Å²) in [5, 5.41) is 5.74. The molecule has 2 N–H and O–H groups in total. The molecule has 7 heteroatoms. The number of amides is 2. The molecule has 0 saturated heterocycles. The molecule has 6 nitrogen and oxygen atoms in total. The van der Waals surface area contributed by atoms with Crippen LogP contribution < -0.4 is 10.2 Å². The predicted molar refractivity (Wildman–Crippen MR) is 110 cm³/mol. The molecular formula is C20H19N5OS. The van der Waals surface area contributed by atoms with Crippen LogP contribution in [0, 0.1) is 0 Å². The summed E-state index contributed by atoms with van der Waals surface area (Å²) < 4.78 is 0. The van der Waals surface area contributed by atoms with Crippen LogP contribution in [0.5, 0.6) is 0 Å². The fourth-order valence-corrected chi connectivity index (χ4v) is 3.53. The Morgan fingerprint density at radius 2 is 2.00 bits per heavy atom. The number of H-pyrrole nitrogens is 1. The third kappa shape index (κ3) is 3.54. The van der Waals surface area contributed by atoms with Crippen molar-refractivity contribution >= 4 is 39.8 Å². The van der Waals surface area contributed by atoms with Gasteiger partial charge in [-0.05, 0) is 44.2 Å². The van der Waals surface area contributed by atoms with E-state index in [2.05, 4.69) is 20.3 Å². The average molecular weight is 377 g/mol. The Hall–Kier alpha value is -3.19. The van der Waals surface area contributed by atoms with Crippen LogP contribution in [-0.2, 0) is 0 Å². The van der Waals surface area contributed by atoms with Crippen LogP contribution in [-0.4, -0.2) is 27.0 Å². The molecule has 0 aliphatic rings. The highest BCUT2D eigenvalue weighted by molar-refractivity contribution is 7.13. The molecule has 136 valence electrons. The number of para-hydroxylation sites is 1. The summed E-state index contributed by atoms with van der Waals surface area (Å²) in [6, 6.07) is 15.1. The SMILES string of the molecule is CC(C)N(C(=O)Nc1ccc2nc(-c3nccs3)[nH]c2c1)c1ccccc1. The van der Waals surface area contributed by atoms with Crippen LogP contribution in [0.2, 0.25) is 0 Å². The molecule has 4 aromatic rings.